The molecule has 0 bridgehead atoms. The third-order valence-corrected chi connectivity index (χ3v) is 3.86. The highest BCUT2D eigenvalue weighted by atomic mass is 35.5. The summed E-state index contributed by atoms with van der Waals surface area (Å²) in [5, 5.41) is 2.22. The quantitative estimate of drug-likeness (QED) is 0.562. The number of carbonyl (C=O) groups excluding carboxylic acids is 4. The SMILES string of the molecule is COC(=O)c1cc(NC(=O)COC(=O)c2ccc(F)cc2Cl)cc(C(=O)OC)c1. The molecule has 0 aliphatic heterocycles. The van der Waals surface area contributed by atoms with Crippen molar-refractivity contribution in [1.82, 2.24) is 0 Å². The third kappa shape index (κ3) is 5.76. The number of benzene rings is 2. The monoisotopic (exact) mass is 423 g/mol. The van der Waals surface area contributed by atoms with E-state index in [1.807, 2.05) is 0 Å². The van der Waals surface area contributed by atoms with E-state index in [0.29, 0.717) is 0 Å². The highest BCUT2D eigenvalue weighted by Crippen LogP contribution is 2.19. The van der Waals surface area contributed by atoms with Crippen molar-refractivity contribution < 1.29 is 37.8 Å². The molecule has 0 spiro atoms. The molecule has 0 aromatic heterocycles. The summed E-state index contributed by atoms with van der Waals surface area (Å²) < 4.78 is 27.1. The molecule has 0 heterocycles. The molecule has 0 atom stereocenters. The number of esters is 3. The maximum Gasteiger partial charge on any atom is 0.340 e. The van der Waals surface area contributed by atoms with Crippen LogP contribution in [0.15, 0.2) is 36.4 Å². The first kappa shape index (κ1) is 21.8. The molecule has 0 fully saturated rings. The molecule has 2 rings (SSSR count). The Bertz CT molecular complexity index is 943. The largest absolute Gasteiger partial charge is 0.465 e. The molecule has 0 saturated heterocycles. The number of ether oxygens (including phenoxy) is 3. The molecule has 29 heavy (non-hydrogen) atoms. The molecule has 1 amide bonds. The molecular weight excluding hydrogens is 409 g/mol. The molecule has 0 radical (unpaired) electrons. The van der Waals surface area contributed by atoms with Crippen LogP contribution in [0.3, 0.4) is 0 Å². The molecule has 152 valence electrons. The fourth-order valence-electron chi connectivity index (χ4n) is 2.23. The number of anilines is 1. The fraction of sp³-hybridized carbons (Fsp3) is 0.158. The van der Waals surface area contributed by atoms with Crippen LogP contribution in [0.5, 0.6) is 0 Å². The van der Waals surface area contributed by atoms with Gasteiger partial charge in [0, 0.05) is 5.69 Å². The summed E-state index contributed by atoms with van der Waals surface area (Å²) in [6.45, 7) is -0.692. The Labute approximate surface area is 169 Å². The second-order valence-electron chi connectivity index (χ2n) is 5.53. The zero-order valence-corrected chi connectivity index (χ0v) is 16.0. The fourth-order valence-corrected chi connectivity index (χ4v) is 2.48. The molecule has 0 aliphatic rings. The first-order valence-electron chi connectivity index (χ1n) is 7.99. The van der Waals surface area contributed by atoms with Crippen LogP contribution in [-0.4, -0.2) is 44.6 Å². The van der Waals surface area contributed by atoms with Gasteiger partial charge in [-0.3, -0.25) is 4.79 Å². The Morgan fingerprint density at radius 1 is 0.931 bits per heavy atom. The van der Waals surface area contributed by atoms with Gasteiger partial charge < -0.3 is 19.5 Å². The Morgan fingerprint density at radius 3 is 2.03 bits per heavy atom. The summed E-state index contributed by atoms with van der Waals surface area (Å²) >= 11 is 5.76. The van der Waals surface area contributed by atoms with Gasteiger partial charge >= 0.3 is 17.9 Å². The molecule has 8 nitrogen and oxygen atoms in total. The second-order valence-corrected chi connectivity index (χ2v) is 5.94. The van der Waals surface area contributed by atoms with E-state index in [-0.39, 0.29) is 27.4 Å². The third-order valence-electron chi connectivity index (χ3n) is 3.54. The van der Waals surface area contributed by atoms with E-state index in [0.717, 1.165) is 32.4 Å². The normalized spacial score (nSPS) is 10.1. The lowest BCUT2D eigenvalue weighted by molar-refractivity contribution is -0.119. The molecule has 2 aromatic rings. The minimum atomic E-state index is -0.927. The summed E-state index contributed by atoms with van der Waals surface area (Å²) in [7, 11) is 2.32. The lowest BCUT2D eigenvalue weighted by atomic mass is 10.1. The summed E-state index contributed by atoms with van der Waals surface area (Å²) in [4.78, 5) is 47.5. The molecule has 0 saturated carbocycles. The van der Waals surface area contributed by atoms with Crippen LogP contribution < -0.4 is 5.32 Å². The van der Waals surface area contributed by atoms with Crippen molar-refractivity contribution in [3.05, 3.63) is 63.9 Å². The van der Waals surface area contributed by atoms with E-state index < -0.39 is 36.2 Å². The smallest absolute Gasteiger partial charge is 0.340 e. The highest BCUT2D eigenvalue weighted by molar-refractivity contribution is 6.33. The van der Waals surface area contributed by atoms with Crippen molar-refractivity contribution in [1.29, 1.82) is 0 Å². The van der Waals surface area contributed by atoms with Crippen LogP contribution in [0.25, 0.3) is 0 Å². The molecule has 0 aliphatic carbocycles. The first-order valence-corrected chi connectivity index (χ1v) is 8.36. The lowest BCUT2D eigenvalue weighted by Crippen LogP contribution is -2.21. The van der Waals surface area contributed by atoms with Crippen LogP contribution >= 0.6 is 11.6 Å². The molecule has 10 heteroatoms. The summed E-state index contributed by atoms with van der Waals surface area (Å²) in [6.07, 6.45) is 0. The average Bonchev–Trinajstić information content (AvgIpc) is 2.70. The average molecular weight is 424 g/mol. The Balaban J connectivity index is 2.10. The Morgan fingerprint density at radius 2 is 1.52 bits per heavy atom. The molecule has 1 N–H and O–H groups in total. The summed E-state index contributed by atoms with van der Waals surface area (Å²) in [5.74, 6) is -3.78. The van der Waals surface area contributed by atoms with Crippen molar-refractivity contribution >= 4 is 41.1 Å². The standard InChI is InChI=1S/C19H15ClFNO7/c1-27-17(24)10-5-11(18(25)28-2)7-13(6-10)22-16(23)9-29-19(26)14-4-3-12(21)8-15(14)20/h3-8H,9H2,1-2H3,(H,22,23). The van der Waals surface area contributed by atoms with E-state index in [9.17, 15) is 23.6 Å². The van der Waals surface area contributed by atoms with E-state index in [1.165, 1.54) is 18.2 Å². The molecule has 0 unspecified atom stereocenters. The van der Waals surface area contributed by atoms with Gasteiger partial charge in [0.1, 0.15) is 5.82 Å². The van der Waals surface area contributed by atoms with E-state index in [4.69, 9.17) is 16.3 Å². The van der Waals surface area contributed by atoms with Gasteiger partial charge in [-0.05, 0) is 36.4 Å². The van der Waals surface area contributed by atoms with Crippen LogP contribution in [-0.2, 0) is 19.0 Å². The van der Waals surface area contributed by atoms with Crippen LogP contribution in [0.1, 0.15) is 31.1 Å². The Kier molecular flexibility index (Phi) is 7.27. The number of rotatable bonds is 6. The lowest BCUT2D eigenvalue weighted by Gasteiger charge is -2.10. The molecule has 2 aromatic carbocycles. The van der Waals surface area contributed by atoms with Crippen molar-refractivity contribution in [2.24, 2.45) is 0 Å². The van der Waals surface area contributed by atoms with Gasteiger partial charge in [0.25, 0.3) is 5.91 Å². The van der Waals surface area contributed by atoms with Gasteiger partial charge in [0.05, 0.1) is 35.9 Å². The van der Waals surface area contributed by atoms with Crippen molar-refractivity contribution in [2.45, 2.75) is 0 Å². The maximum absolute atomic E-state index is 13.0. The minimum Gasteiger partial charge on any atom is -0.465 e. The van der Waals surface area contributed by atoms with Gasteiger partial charge in [0.2, 0.25) is 0 Å². The highest BCUT2D eigenvalue weighted by Gasteiger charge is 2.17. The predicted octanol–water partition coefficient (Wildman–Crippen LogP) is 2.85. The first-order chi connectivity index (χ1) is 13.7. The number of nitrogens with one attached hydrogen (secondary N) is 1. The topological polar surface area (TPSA) is 108 Å². The Hall–Kier alpha value is -3.46. The van der Waals surface area contributed by atoms with Gasteiger partial charge in [-0.25, -0.2) is 18.8 Å². The van der Waals surface area contributed by atoms with Crippen molar-refractivity contribution in [3.63, 3.8) is 0 Å². The van der Waals surface area contributed by atoms with Crippen LogP contribution in [0.2, 0.25) is 5.02 Å². The number of amides is 1. The zero-order chi connectivity index (χ0) is 21.6. The van der Waals surface area contributed by atoms with Gasteiger partial charge in [-0.1, -0.05) is 11.6 Å². The van der Waals surface area contributed by atoms with Crippen molar-refractivity contribution in [3.8, 4) is 0 Å². The summed E-state index contributed by atoms with van der Waals surface area (Å²) in [6, 6.07) is 6.87. The van der Waals surface area contributed by atoms with Crippen molar-refractivity contribution in [2.75, 3.05) is 26.1 Å². The van der Waals surface area contributed by atoms with Gasteiger partial charge in [0.15, 0.2) is 6.61 Å². The number of carbonyl (C=O) groups is 4. The number of hydrogen-bond acceptors (Lipinski definition) is 7. The maximum atomic E-state index is 13.0. The van der Waals surface area contributed by atoms with Gasteiger partial charge in [-0.2, -0.15) is 0 Å². The predicted molar refractivity (Wildman–Crippen MR) is 99.4 cm³/mol. The van der Waals surface area contributed by atoms with E-state index >= 15 is 0 Å². The van der Waals surface area contributed by atoms with Crippen LogP contribution in [0, 0.1) is 5.82 Å². The number of halogens is 2. The zero-order valence-electron chi connectivity index (χ0n) is 15.3. The van der Waals surface area contributed by atoms with Crippen LogP contribution in [0.4, 0.5) is 10.1 Å². The van der Waals surface area contributed by atoms with E-state index in [2.05, 4.69) is 14.8 Å². The van der Waals surface area contributed by atoms with Gasteiger partial charge in [-0.15, -0.1) is 0 Å². The van der Waals surface area contributed by atoms with E-state index in [1.54, 1.807) is 0 Å². The number of methoxy groups -OCH3 is 2. The molecular formula is C19H15ClFNO7. The number of hydrogen-bond donors (Lipinski definition) is 1. The minimum absolute atomic E-state index is 0.000730. The summed E-state index contributed by atoms with van der Waals surface area (Å²) in [5.41, 5.74) is -0.0303. The second kappa shape index (κ2) is 9.65.